The molecule has 0 aromatic carbocycles. The summed E-state index contributed by atoms with van der Waals surface area (Å²) >= 11 is 5.33. The number of nitrogens with zero attached hydrogens (tertiary/aromatic N) is 1. The molecule has 0 heterocycles. The topological polar surface area (TPSA) is 3.24 Å². The highest BCUT2D eigenvalue weighted by atomic mass is 32.1. The van der Waals surface area contributed by atoms with Crippen LogP contribution >= 0.6 is 12.2 Å². The van der Waals surface area contributed by atoms with Gasteiger partial charge in [-0.1, -0.05) is 57.6 Å². The van der Waals surface area contributed by atoms with E-state index in [0.29, 0.717) is 17.9 Å². The smallest absolute Gasteiger partial charge is 0.0747 e. The number of hydrogen-bond acceptors (Lipinski definition) is 1. The Balaban J connectivity index is 2.90. The maximum Gasteiger partial charge on any atom is 0.0747 e. The molecule has 0 aromatic rings. The summed E-state index contributed by atoms with van der Waals surface area (Å²) in [5.74, 6) is 1.31. The molecular weight excluding hydrogens is 225 g/mol. The molecule has 1 fully saturated rings. The Bertz CT molecular complexity index is 275. The minimum absolute atomic E-state index is 0.000112. The minimum Gasteiger partial charge on any atom is -0.366 e. The fourth-order valence-corrected chi connectivity index (χ4v) is 3.24. The van der Waals surface area contributed by atoms with Crippen LogP contribution < -0.4 is 0 Å². The summed E-state index contributed by atoms with van der Waals surface area (Å²) in [4.78, 5) is 3.29. The van der Waals surface area contributed by atoms with Gasteiger partial charge in [-0.3, -0.25) is 0 Å². The molecule has 0 N–H and O–H groups in total. The average molecular weight is 251 g/mol. The molecule has 1 aliphatic rings. The van der Waals surface area contributed by atoms with Gasteiger partial charge in [-0.05, 0) is 25.2 Å². The van der Waals surface area contributed by atoms with Gasteiger partial charge in [0.2, 0.25) is 0 Å². The highest BCUT2D eigenvalue weighted by molar-refractivity contribution is 7.80. The molecule has 96 valence electrons. The molecule has 0 amide bonds. The fourth-order valence-electron chi connectivity index (χ4n) is 3.10. The molecule has 3 atom stereocenters. The van der Waals surface area contributed by atoms with Crippen molar-refractivity contribution < 1.29 is 0 Å². The fraction of sp³-hybridized carbons (Fsp3) is 0.929. The highest BCUT2D eigenvalue weighted by Gasteiger charge is 2.35. The van der Waals surface area contributed by atoms with Crippen LogP contribution in [0.15, 0.2) is 0 Å². The molecule has 3 unspecified atom stereocenters. The maximum absolute atomic E-state index is 6.39. The van der Waals surface area contributed by atoms with Gasteiger partial charge < -0.3 is 4.90 Å². The standard InChI is InChI=1S/C14H26BNS/c1-10(2)12-9-14(4,15)8-6-7-13(12)16(5)11(3)17/h10,12-13H,6-9H2,1-5H3. The van der Waals surface area contributed by atoms with E-state index >= 15 is 0 Å². The Hall–Kier alpha value is -0.0451. The van der Waals surface area contributed by atoms with Gasteiger partial charge in [0.15, 0.2) is 0 Å². The molecule has 0 aromatic heterocycles. The SMILES string of the molecule is [B]C1(C)CCCC(N(C)C(C)=S)C(C(C)C)C1. The maximum atomic E-state index is 6.39. The summed E-state index contributed by atoms with van der Waals surface area (Å²) in [6.45, 7) is 8.85. The van der Waals surface area contributed by atoms with Crippen LogP contribution in [0.4, 0.5) is 0 Å². The van der Waals surface area contributed by atoms with E-state index in [0.717, 1.165) is 17.8 Å². The average Bonchev–Trinajstić information content (AvgIpc) is 2.35. The van der Waals surface area contributed by atoms with Gasteiger partial charge in [-0.15, -0.1) is 0 Å². The monoisotopic (exact) mass is 251 g/mol. The van der Waals surface area contributed by atoms with E-state index < -0.39 is 0 Å². The van der Waals surface area contributed by atoms with Crippen LogP contribution in [0.3, 0.4) is 0 Å². The van der Waals surface area contributed by atoms with E-state index in [1.807, 2.05) is 6.92 Å². The Morgan fingerprint density at radius 1 is 1.47 bits per heavy atom. The summed E-state index contributed by atoms with van der Waals surface area (Å²) in [6.07, 6.45) is 4.69. The second-order valence-corrected chi connectivity index (χ2v) is 6.95. The van der Waals surface area contributed by atoms with E-state index in [-0.39, 0.29) is 5.31 Å². The molecule has 1 nitrogen and oxygen atoms in total. The Kier molecular flexibility index (Phi) is 5.06. The van der Waals surface area contributed by atoms with E-state index in [4.69, 9.17) is 20.1 Å². The summed E-state index contributed by atoms with van der Waals surface area (Å²) in [7, 11) is 8.53. The second kappa shape index (κ2) is 5.73. The van der Waals surface area contributed by atoms with Crippen molar-refractivity contribution in [3.05, 3.63) is 0 Å². The van der Waals surface area contributed by atoms with Crippen LogP contribution in [0.2, 0.25) is 5.31 Å². The van der Waals surface area contributed by atoms with Gasteiger partial charge in [0.05, 0.1) is 12.8 Å². The van der Waals surface area contributed by atoms with Crippen LogP contribution in [0.25, 0.3) is 0 Å². The van der Waals surface area contributed by atoms with Crippen molar-refractivity contribution in [3.63, 3.8) is 0 Å². The Labute approximate surface area is 114 Å². The van der Waals surface area contributed by atoms with Gasteiger partial charge in [0, 0.05) is 13.1 Å². The van der Waals surface area contributed by atoms with Crippen LogP contribution in [0.5, 0.6) is 0 Å². The molecule has 2 radical (unpaired) electrons. The van der Waals surface area contributed by atoms with Crippen molar-refractivity contribution in [1.82, 2.24) is 4.90 Å². The lowest BCUT2D eigenvalue weighted by Crippen LogP contribution is -2.42. The van der Waals surface area contributed by atoms with E-state index in [1.165, 1.54) is 12.8 Å². The predicted molar refractivity (Wildman–Crippen MR) is 80.7 cm³/mol. The van der Waals surface area contributed by atoms with E-state index in [9.17, 15) is 0 Å². The first-order chi connectivity index (χ1) is 7.74. The second-order valence-electron chi connectivity index (χ2n) is 6.36. The molecular formula is C14H26BNS. The zero-order valence-corrected chi connectivity index (χ0v) is 12.8. The minimum atomic E-state index is -0.000112. The van der Waals surface area contributed by atoms with Crippen molar-refractivity contribution in [2.45, 2.75) is 64.7 Å². The van der Waals surface area contributed by atoms with Gasteiger partial charge in [-0.25, -0.2) is 0 Å². The normalized spacial score (nSPS) is 34.5. The van der Waals surface area contributed by atoms with Gasteiger partial charge in [0.1, 0.15) is 0 Å². The first-order valence-electron chi connectivity index (χ1n) is 6.77. The molecule has 0 spiro atoms. The number of rotatable bonds is 2. The molecule has 17 heavy (non-hydrogen) atoms. The van der Waals surface area contributed by atoms with Gasteiger partial charge >= 0.3 is 0 Å². The van der Waals surface area contributed by atoms with Crippen molar-refractivity contribution in [3.8, 4) is 0 Å². The van der Waals surface area contributed by atoms with Crippen molar-refractivity contribution in [2.24, 2.45) is 11.8 Å². The van der Waals surface area contributed by atoms with Crippen LogP contribution in [0.1, 0.15) is 53.4 Å². The van der Waals surface area contributed by atoms with Crippen LogP contribution in [-0.2, 0) is 0 Å². The number of thiocarbonyl (C=S) groups is 1. The van der Waals surface area contributed by atoms with Gasteiger partial charge in [-0.2, -0.15) is 0 Å². The van der Waals surface area contributed by atoms with Gasteiger partial charge in [0.25, 0.3) is 0 Å². The first-order valence-corrected chi connectivity index (χ1v) is 7.18. The Morgan fingerprint density at radius 2 is 2.06 bits per heavy atom. The predicted octanol–water partition coefficient (Wildman–Crippen LogP) is 3.83. The van der Waals surface area contributed by atoms with Crippen molar-refractivity contribution in [1.29, 1.82) is 0 Å². The third kappa shape index (κ3) is 3.98. The molecule has 0 aliphatic heterocycles. The van der Waals surface area contributed by atoms with E-state index in [2.05, 4.69) is 32.7 Å². The third-order valence-electron chi connectivity index (χ3n) is 4.29. The first kappa shape index (κ1) is 15.0. The highest BCUT2D eigenvalue weighted by Crippen LogP contribution is 2.44. The van der Waals surface area contributed by atoms with Crippen LogP contribution in [-0.4, -0.2) is 30.8 Å². The zero-order chi connectivity index (χ0) is 13.2. The Morgan fingerprint density at radius 3 is 2.53 bits per heavy atom. The lowest BCUT2D eigenvalue weighted by atomic mass is 9.62. The molecule has 3 heteroatoms. The third-order valence-corrected chi connectivity index (χ3v) is 4.58. The lowest BCUT2D eigenvalue weighted by Gasteiger charge is -2.38. The van der Waals surface area contributed by atoms with Crippen molar-refractivity contribution >= 4 is 25.1 Å². The summed E-state index contributed by atoms with van der Waals surface area (Å²) < 4.78 is 0. The number of hydrogen-bond donors (Lipinski definition) is 0. The molecule has 1 rings (SSSR count). The molecule has 1 saturated carbocycles. The lowest BCUT2D eigenvalue weighted by molar-refractivity contribution is 0.188. The largest absolute Gasteiger partial charge is 0.366 e. The quantitative estimate of drug-likeness (QED) is 0.417. The molecule has 0 bridgehead atoms. The summed E-state index contributed by atoms with van der Waals surface area (Å²) in [5.41, 5.74) is 0. The summed E-state index contributed by atoms with van der Waals surface area (Å²) in [5, 5.41) is -0.000112. The molecule has 0 saturated heterocycles. The summed E-state index contributed by atoms with van der Waals surface area (Å²) in [6, 6.07) is 0.567. The van der Waals surface area contributed by atoms with E-state index in [1.54, 1.807) is 0 Å². The molecule has 1 aliphatic carbocycles. The zero-order valence-electron chi connectivity index (χ0n) is 12.0. The van der Waals surface area contributed by atoms with Crippen LogP contribution in [0, 0.1) is 11.8 Å². The van der Waals surface area contributed by atoms with Crippen molar-refractivity contribution in [2.75, 3.05) is 7.05 Å².